The summed E-state index contributed by atoms with van der Waals surface area (Å²) in [7, 11) is 0. The molecular formula is C34H25ClN2O4. The molecule has 1 spiro atoms. The van der Waals surface area contributed by atoms with Gasteiger partial charge in [-0.1, -0.05) is 78.3 Å². The lowest BCUT2D eigenvalue weighted by atomic mass is 9.83. The first-order chi connectivity index (χ1) is 19.8. The van der Waals surface area contributed by atoms with Gasteiger partial charge in [-0.15, -0.1) is 0 Å². The van der Waals surface area contributed by atoms with Crippen LogP contribution in [0.4, 0.5) is 5.69 Å². The van der Waals surface area contributed by atoms with Crippen LogP contribution >= 0.6 is 11.6 Å². The monoisotopic (exact) mass is 560 g/mol. The van der Waals surface area contributed by atoms with E-state index >= 15 is 0 Å². The summed E-state index contributed by atoms with van der Waals surface area (Å²) < 4.78 is 6.24. The Morgan fingerprint density at radius 2 is 1.49 bits per heavy atom. The maximum atomic E-state index is 14.9. The molecule has 202 valence electrons. The number of carbonyl (C=O) groups excluding carboxylic acids is 2. The van der Waals surface area contributed by atoms with Gasteiger partial charge in [0.25, 0.3) is 11.8 Å². The second kappa shape index (κ2) is 9.18. The van der Waals surface area contributed by atoms with Gasteiger partial charge in [0, 0.05) is 17.1 Å². The van der Waals surface area contributed by atoms with Crippen LogP contribution in [0.3, 0.4) is 0 Å². The quantitative estimate of drug-likeness (QED) is 0.251. The van der Waals surface area contributed by atoms with Crippen molar-refractivity contribution in [2.45, 2.75) is 32.5 Å². The molecule has 0 N–H and O–H groups in total. The number of hydrogen-bond donors (Lipinski definition) is 0. The Morgan fingerprint density at radius 3 is 2.27 bits per heavy atom. The third-order valence-corrected chi connectivity index (χ3v) is 8.69. The van der Waals surface area contributed by atoms with Crippen molar-refractivity contribution in [2.75, 3.05) is 4.90 Å². The zero-order chi connectivity index (χ0) is 28.5. The molecule has 41 heavy (non-hydrogen) atoms. The Labute approximate surface area is 241 Å². The van der Waals surface area contributed by atoms with Gasteiger partial charge in [-0.2, -0.15) is 0 Å². The molecule has 0 bridgehead atoms. The smallest absolute Gasteiger partial charge is 0.291 e. The van der Waals surface area contributed by atoms with Crippen LogP contribution in [0, 0.1) is 13.8 Å². The van der Waals surface area contributed by atoms with E-state index in [0.717, 1.165) is 16.7 Å². The number of aryl methyl sites for hydroxylation is 2. The van der Waals surface area contributed by atoms with Crippen LogP contribution in [-0.2, 0) is 23.4 Å². The van der Waals surface area contributed by atoms with Crippen LogP contribution in [0.2, 0.25) is 5.02 Å². The minimum atomic E-state index is -1.72. The second-order valence-corrected chi connectivity index (χ2v) is 11.1. The number of fused-ring (bicyclic) bond motifs is 5. The minimum absolute atomic E-state index is 0.00972. The predicted molar refractivity (Wildman–Crippen MR) is 158 cm³/mol. The number of benzene rings is 4. The van der Waals surface area contributed by atoms with Crippen molar-refractivity contribution in [3.05, 3.63) is 145 Å². The molecule has 2 aliphatic rings. The first-order valence-corrected chi connectivity index (χ1v) is 13.8. The summed E-state index contributed by atoms with van der Waals surface area (Å²) in [6.07, 6.45) is 0. The number of hydrogen-bond acceptors (Lipinski definition) is 4. The summed E-state index contributed by atoms with van der Waals surface area (Å²) in [6, 6.07) is 27.8. The lowest BCUT2D eigenvalue weighted by Gasteiger charge is -2.34. The first-order valence-electron chi connectivity index (χ1n) is 13.4. The van der Waals surface area contributed by atoms with Gasteiger partial charge in [0.2, 0.25) is 5.76 Å². The second-order valence-electron chi connectivity index (χ2n) is 10.7. The lowest BCUT2D eigenvalue weighted by Crippen LogP contribution is -2.53. The molecule has 7 heteroatoms. The SMILES string of the molecule is Cc1cc2oc3c(c(=O)c2cc1C)C1(C(=O)N(Cc2ccccc2)c2ccccc21)N(Cc1ccccc1Cl)C3=O. The van der Waals surface area contributed by atoms with Crippen LogP contribution in [0.15, 0.2) is 100 Å². The molecular weight excluding hydrogens is 536 g/mol. The normalized spacial score (nSPS) is 17.5. The van der Waals surface area contributed by atoms with E-state index in [9.17, 15) is 14.4 Å². The average molecular weight is 561 g/mol. The van der Waals surface area contributed by atoms with E-state index in [4.69, 9.17) is 16.0 Å². The number of nitrogens with zero attached hydrogens (tertiary/aromatic N) is 2. The maximum Gasteiger partial charge on any atom is 0.291 e. The van der Waals surface area contributed by atoms with Gasteiger partial charge in [-0.05, 0) is 60.4 Å². The highest BCUT2D eigenvalue weighted by Gasteiger charge is 2.65. The third-order valence-electron chi connectivity index (χ3n) is 8.32. The van der Waals surface area contributed by atoms with E-state index in [2.05, 4.69) is 0 Å². The fraction of sp³-hybridized carbons (Fsp3) is 0.147. The van der Waals surface area contributed by atoms with E-state index in [1.54, 1.807) is 23.1 Å². The molecule has 1 aromatic heterocycles. The molecule has 4 aromatic carbocycles. The number of para-hydroxylation sites is 1. The molecule has 0 saturated carbocycles. The van der Waals surface area contributed by atoms with E-state index in [1.807, 2.05) is 86.6 Å². The Hall–Kier alpha value is -4.68. The van der Waals surface area contributed by atoms with Crippen LogP contribution in [0.25, 0.3) is 11.0 Å². The van der Waals surface area contributed by atoms with Crippen molar-refractivity contribution >= 4 is 40.1 Å². The molecule has 0 radical (unpaired) electrons. The van der Waals surface area contributed by atoms with E-state index < -0.39 is 11.4 Å². The molecule has 1 unspecified atom stereocenters. The maximum absolute atomic E-state index is 14.9. The van der Waals surface area contributed by atoms with Crippen molar-refractivity contribution in [1.82, 2.24) is 4.90 Å². The van der Waals surface area contributed by atoms with Gasteiger partial charge in [0.05, 0.1) is 23.2 Å². The molecule has 0 aliphatic carbocycles. The van der Waals surface area contributed by atoms with E-state index in [0.29, 0.717) is 32.8 Å². The van der Waals surface area contributed by atoms with Gasteiger partial charge in [-0.25, -0.2) is 0 Å². The summed E-state index contributed by atoms with van der Waals surface area (Å²) in [4.78, 5) is 46.8. The Balaban J connectivity index is 1.54. The Morgan fingerprint density at radius 1 is 0.805 bits per heavy atom. The standard InChI is InChI=1S/C34H25ClN2O4/c1-20-16-24-28(17-21(20)2)41-31-29(30(24)38)34(37(32(31)39)19-23-12-6-8-14-26(23)35)25-13-7-9-15-27(25)36(33(34)40)18-22-10-4-3-5-11-22/h3-17H,18-19H2,1-2H3. The molecule has 0 fully saturated rings. The zero-order valence-corrected chi connectivity index (χ0v) is 23.2. The van der Waals surface area contributed by atoms with Crippen LogP contribution < -0.4 is 10.3 Å². The summed E-state index contributed by atoms with van der Waals surface area (Å²) in [5, 5.41) is 0.799. The van der Waals surface area contributed by atoms with Crippen molar-refractivity contribution in [3.8, 4) is 0 Å². The predicted octanol–water partition coefficient (Wildman–Crippen LogP) is 6.51. The highest BCUT2D eigenvalue weighted by Crippen LogP contribution is 2.53. The Kier molecular flexibility index (Phi) is 5.66. The number of amides is 2. The molecule has 3 heterocycles. The highest BCUT2D eigenvalue weighted by molar-refractivity contribution is 6.31. The summed E-state index contributed by atoms with van der Waals surface area (Å²) in [5.41, 5.74) is 2.91. The summed E-state index contributed by atoms with van der Waals surface area (Å²) in [6.45, 7) is 4.13. The largest absolute Gasteiger partial charge is 0.450 e. The number of anilines is 1. The van der Waals surface area contributed by atoms with Gasteiger partial charge in [0.1, 0.15) is 5.58 Å². The van der Waals surface area contributed by atoms with Crippen LogP contribution in [0.5, 0.6) is 0 Å². The zero-order valence-electron chi connectivity index (χ0n) is 22.5. The Bertz CT molecular complexity index is 1970. The molecule has 5 aromatic rings. The molecule has 7 rings (SSSR count). The minimum Gasteiger partial charge on any atom is -0.450 e. The van der Waals surface area contributed by atoms with Gasteiger partial charge in [-0.3, -0.25) is 14.4 Å². The average Bonchev–Trinajstić information content (AvgIpc) is 3.36. The van der Waals surface area contributed by atoms with Crippen molar-refractivity contribution < 1.29 is 14.0 Å². The molecule has 2 aliphatic heterocycles. The molecule has 1 atom stereocenters. The van der Waals surface area contributed by atoms with E-state index in [-0.39, 0.29) is 35.7 Å². The van der Waals surface area contributed by atoms with Gasteiger partial charge < -0.3 is 14.2 Å². The summed E-state index contributed by atoms with van der Waals surface area (Å²) in [5.74, 6) is -1.01. The lowest BCUT2D eigenvalue weighted by molar-refractivity contribution is -0.126. The number of carbonyl (C=O) groups is 2. The topological polar surface area (TPSA) is 70.8 Å². The van der Waals surface area contributed by atoms with Crippen LogP contribution in [0.1, 0.15) is 43.9 Å². The molecule has 6 nitrogen and oxygen atoms in total. The first kappa shape index (κ1) is 25.3. The van der Waals surface area contributed by atoms with E-state index in [1.165, 1.54) is 4.90 Å². The fourth-order valence-corrected chi connectivity index (χ4v) is 6.38. The number of rotatable bonds is 4. The summed E-state index contributed by atoms with van der Waals surface area (Å²) >= 11 is 6.56. The molecule has 0 saturated heterocycles. The van der Waals surface area contributed by atoms with Crippen LogP contribution in [-0.4, -0.2) is 16.7 Å². The fourth-order valence-electron chi connectivity index (χ4n) is 6.19. The third kappa shape index (κ3) is 3.54. The molecule has 2 amide bonds. The van der Waals surface area contributed by atoms with Crippen molar-refractivity contribution in [2.24, 2.45) is 0 Å². The van der Waals surface area contributed by atoms with Crippen molar-refractivity contribution in [3.63, 3.8) is 0 Å². The highest BCUT2D eigenvalue weighted by atomic mass is 35.5. The number of halogens is 1. The van der Waals surface area contributed by atoms with Gasteiger partial charge >= 0.3 is 0 Å². The van der Waals surface area contributed by atoms with Crippen molar-refractivity contribution in [1.29, 1.82) is 0 Å². The van der Waals surface area contributed by atoms with Gasteiger partial charge in [0.15, 0.2) is 11.0 Å².